The van der Waals surface area contributed by atoms with Crippen LogP contribution in [0.4, 0.5) is 14.5 Å². The fourth-order valence-corrected chi connectivity index (χ4v) is 5.62. The highest BCUT2D eigenvalue weighted by Gasteiger charge is 2.33. The molecule has 1 amide bonds. The zero-order valence-electron chi connectivity index (χ0n) is 17.2. The number of nitrogens with zero attached hydrogens (tertiary/aromatic N) is 1. The topological polar surface area (TPSA) is 113 Å². The van der Waals surface area contributed by atoms with Gasteiger partial charge in [0.2, 0.25) is 26.0 Å². The monoisotopic (exact) mass is 487 g/mol. The molecule has 0 bridgehead atoms. The molecule has 12 heteroatoms. The first kappa shape index (κ1) is 24.1. The van der Waals surface area contributed by atoms with Crippen LogP contribution in [0.5, 0.6) is 0 Å². The van der Waals surface area contributed by atoms with Gasteiger partial charge in [0.1, 0.15) is 16.5 Å². The molecule has 32 heavy (non-hydrogen) atoms. The molecular weight excluding hydrogens is 464 g/mol. The van der Waals surface area contributed by atoms with E-state index < -0.39 is 42.5 Å². The molecule has 2 N–H and O–H groups in total. The van der Waals surface area contributed by atoms with Gasteiger partial charge in [-0.1, -0.05) is 18.2 Å². The first-order chi connectivity index (χ1) is 15.0. The molecule has 1 aliphatic rings. The minimum absolute atomic E-state index is 0.0113. The van der Waals surface area contributed by atoms with Crippen molar-refractivity contribution in [2.45, 2.75) is 24.3 Å². The van der Waals surface area contributed by atoms with Crippen LogP contribution in [-0.2, 0) is 31.4 Å². The molecule has 8 nitrogen and oxygen atoms in total. The van der Waals surface area contributed by atoms with Crippen LogP contribution in [0.15, 0.2) is 47.4 Å². The SMILES string of the molecule is CS(=O)(=O)Nc1ccccc1CNC(=O)C1CCN(S(=O)(=O)c2cc(F)ccc2F)CC1. The summed E-state index contributed by atoms with van der Waals surface area (Å²) in [5, 5.41) is 2.75. The number of nitrogens with one attached hydrogen (secondary N) is 2. The molecule has 0 unspecified atom stereocenters. The second-order valence-corrected chi connectivity index (χ2v) is 11.2. The summed E-state index contributed by atoms with van der Waals surface area (Å²) in [6.45, 7) is 0.0652. The van der Waals surface area contributed by atoms with Crippen molar-refractivity contribution in [2.75, 3.05) is 24.1 Å². The lowest BCUT2D eigenvalue weighted by atomic mass is 9.97. The average molecular weight is 488 g/mol. The number of rotatable bonds is 7. The number of piperidine rings is 1. The van der Waals surface area contributed by atoms with E-state index in [9.17, 15) is 30.4 Å². The van der Waals surface area contributed by atoms with Gasteiger partial charge in [-0.25, -0.2) is 25.6 Å². The first-order valence-corrected chi connectivity index (χ1v) is 13.1. The lowest BCUT2D eigenvalue weighted by Crippen LogP contribution is -2.43. The highest BCUT2D eigenvalue weighted by Crippen LogP contribution is 2.26. The Labute approximate surface area is 185 Å². The Morgan fingerprint density at radius 1 is 1.06 bits per heavy atom. The average Bonchev–Trinajstić information content (AvgIpc) is 2.73. The van der Waals surface area contributed by atoms with Gasteiger partial charge in [-0.05, 0) is 42.7 Å². The van der Waals surface area contributed by atoms with Crippen molar-refractivity contribution >= 4 is 31.6 Å². The number of hydrogen-bond acceptors (Lipinski definition) is 5. The summed E-state index contributed by atoms with van der Waals surface area (Å²) in [6, 6.07) is 8.88. The van der Waals surface area contributed by atoms with Crippen molar-refractivity contribution in [1.29, 1.82) is 0 Å². The standard InChI is InChI=1S/C20H23F2N3O5S2/c1-31(27,28)24-18-5-3-2-4-15(18)13-23-20(26)14-8-10-25(11-9-14)32(29,30)19-12-16(21)6-7-17(19)22/h2-7,12,14,24H,8-11,13H2,1H3,(H,23,26). The number of sulfonamides is 2. The van der Waals surface area contributed by atoms with E-state index in [-0.39, 0.29) is 38.4 Å². The Balaban J connectivity index is 1.60. The third kappa shape index (κ3) is 5.81. The lowest BCUT2D eigenvalue weighted by Gasteiger charge is -2.30. The van der Waals surface area contributed by atoms with Crippen LogP contribution in [-0.4, -0.2) is 46.4 Å². The van der Waals surface area contributed by atoms with E-state index >= 15 is 0 Å². The third-order valence-electron chi connectivity index (χ3n) is 5.10. The maximum atomic E-state index is 13.9. The van der Waals surface area contributed by atoms with E-state index in [0.29, 0.717) is 17.3 Å². The van der Waals surface area contributed by atoms with Crippen molar-refractivity contribution in [3.63, 3.8) is 0 Å². The van der Waals surface area contributed by atoms with E-state index in [1.807, 2.05) is 0 Å². The number of benzene rings is 2. The van der Waals surface area contributed by atoms with Crippen molar-refractivity contribution < 1.29 is 30.4 Å². The number of anilines is 1. The van der Waals surface area contributed by atoms with Crippen LogP contribution in [0.1, 0.15) is 18.4 Å². The molecule has 174 valence electrons. The molecule has 0 saturated carbocycles. The van der Waals surface area contributed by atoms with E-state index in [4.69, 9.17) is 0 Å². The van der Waals surface area contributed by atoms with Gasteiger partial charge in [0.25, 0.3) is 0 Å². The van der Waals surface area contributed by atoms with E-state index in [0.717, 1.165) is 22.7 Å². The van der Waals surface area contributed by atoms with Crippen LogP contribution in [0.25, 0.3) is 0 Å². The minimum atomic E-state index is -4.22. The number of carbonyl (C=O) groups excluding carboxylic acids is 1. The molecule has 1 aliphatic heterocycles. The summed E-state index contributed by atoms with van der Waals surface area (Å²) in [7, 11) is -7.70. The third-order valence-corrected chi connectivity index (χ3v) is 7.61. The summed E-state index contributed by atoms with van der Waals surface area (Å²) in [4.78, 5) is 11.8. The highest BCUT2D eigenvalue weighted by molar-refractivity contribution is 7.92. The van der Waals surface area contributed by atoms with E-state index in [1.165, 1.54) is 0 Å². The number of carbonyl (C=O) groups is 1. The van der Waals surface area contributed by atoms with Gasteiger partial charge in [-0.15, -0.1) is 0 Å². The van der Waals surface area contributed by atoms with Crippen LogP contribution in [0, 0.1) is 17.6 Å². The first-order valence-electron chi connectivity index (χ1n) is 9.76. The Hall–Kier alpha value is -2.57. The van der Waals surface area contributed by atoms with Gasteiger partial charge in [0.05, 0.1) is 11.9 Å². The second kappa shape index (κ2) is 9.51. The molecular formula is C20H23F2N3O5S2. The van der Waals surface area contributed by atoms with Gasteiger partial charge >= 0.3 is 0 Å². The molecule has 0 spiro atoms. The summed E-state index contributed by atoms with van der Waals surface area (Å²) in [6.07, 6.45) is 1.45. The molecule has 0 atom stereocenters. The maximum absolute atomic E-state index is 13.9. The Morgan fingerprint density at radius 3 is 2.38 bits per heavy atom. The van der Waals surface area contributed by atoms with Gasteiger partial charge in [-0.2, -0.15) is 4.31 Å². The second-order valence-electron chi connectivity index (χ2n) is 7.50. The van der Waals surface area contributed by atoms with Crippen molar-refractivity contribution in [3.05, 3.63) is 59.7 Å². The lowest BCUT2D eigenvalue weighted by molar-refractivity contribution is -0.126. The molecule has 1 fully saturated rings. The Morgan fingerprint density at radius 2 is 1.72 bits per heavy atom. The molecule has 1 heterocycles. The largest absolute Gasteiger partial charge is 0.352 e. The summed E-state index contributed by atoms with van der Waals surface area (Å²) >= 11 is 0. The predicted octanol–water partition coefficient (Wildman–Crippen LogP) is 2.05. The molecule has 0 aliphatic carbocycles. The summed E-state index contributed by atoms with van der Waals surface area (Å²) in [5.74, 6) is -2.65. The van der Waals surface area contributed by atoms with Crippen LogP contribution in [0.3, 0.4) is 0 Å². The van der Waals surface area contributed by atoms with Crippen molar-refractivity contribution in [1.82, 2.24) is 9.62 Å². The molecule has 0 radical (unpaired) electrons. The zero-order chi connectivity index (χ0) is 23.5. The Kier molecular flexibility index (Phi) is 7.16. The van der Waals surface area contributed by atoms with Crippen molar-refractivity contribution in [2.24, 2.45) is 5.92 Å². The molecule has 2 aromatic rings. The summed E-state index contributed by atoms with van der Waals surface area (Å²) in [5.41, 5.74) is 0.932. The van der Waals surface area contributed by atoms with E-state index in [2.05, 4.69) is 10.0 Å². The normalized spacial score (nSPS) is 16.0. The number of halogens is 2. The van der Waals surface area contributed by atoms with Crippen molar-refractivity contribution in [3.8, 4) is 0 Å². The van der Waals surface area contributed by atoms with Crippen LogP contribution >= 0.6 is 0 Å². The molecule has 1 saturated heterocycles. The smallest absolute Gasteiger partial charge is 0.246 e. The van der Waals surface area contributed by atoms with Crippen LogP contribution < -0.4 is 10.0 Å². The van der Waals surface area contributed by atoms with Gasteiger partial charge < -0.3 is 5.32 Å². The minimum Gasteiger partial charge on any atom is -0.352 e. The zero-order valence-corrected chi connectivity index (χ0v) is 18.8. The molecule has 0 aromatic heterocycles. The molecule has 2 aromatic carbocycles. The van der Waals surface area contributed by atoms with Gasteiger partial charge in [-0.3, -0.25) is 9.52 Å². The predicted molar refractivity (Wildman–Crippen MR) is 115 cm³/mol. The quantitative estimate of drug-likeness (QED) is 0.621. The molecule has 3 rings (SSSR count). The van der Waals surface area contributed by atoms with E-state index in [1.54, 1.807) is 24.3 Å². The number of amides is 1. The maximum Gasteiger partial charge on any atom is 0.246 e. The number of hydrogen-bond donors (Lipinski definition) is 2. The van der Waals surface area contributed by atoms with Gasteiger partial charge in [0.15, 0.2) is 0 Å². The highest BCUT2D eigenvalue weighted by atomic mass is 32.2. The van der Waals surface area contributed by atoms with Gasteiger partial charge in [0, 0.05) is 25.6 Å². The fraction of sp³-hybridized carbons (Fsp3) is 0.350. The summed E-state index contributed by atoms with van der Waals surface area (Å²) < 4.78 is 79.1. The number of para-hydroxylation sites is 1. The fourth-order valence-electron chi connectivity index (χ4n) is 3.47. The Bertz CT molecular complexity index is 1210. The van der Waals surface area contributed by atoms with Crippen LogP contribution in [0.2, 0.25) is 0 Å².